The number of hydrogen-bond acceptors (Lipinski definition) is 4. The monoisotopic (exact) mass is 322 g/mol. The Morgan fingerprint density at radius 2 is 2.24 bits per heavy atom. The number of nitrogens with one attached hydrogen (secondary N) is 1. The van der Waals surface area contributed by atoms with Gasteiger partial charge >= 0.3 is 5.97 Å². The SMILES string of the molecule is O=C(O)C(NCc1csc(-c2ccccc2Cl)n1)C1CC1. The molecule has 1 aliphatic carbocycles. The number of halogens is 1. The smallest absolute Gasteiger partial charge is 0.320 e. The van der Waals surface area contributed by atoms with Crippen molar-refractivity contribution in [1.82, 2.24) is 10.3 Å². The van der Waals surface area contributed by atoms with Crippen molar-refractivity contribution in [1.29, 1.82) is 0 Å². The van der Waals surface area contributed by atoms with E-state index >= 15 is 0 Å². The third-order valence-corrected chi connectivity index (χ3v) is 4.77. The number of aromatic nitrogens is 1. The summed E-state index contributed by atoms with van der Waals surface area (Å²) >= 11 is 7.68. The molecule has 2 N–H and O–H groups in total. The Morgan fingerprint density at radius 1 is 1.48 bits per heavy atom. The van der Waals surface area contributed by atoms with E-state index in [4.69, 9.17) is 11.6 Å². The van der Waals surface area contributed by atoms with Crippen LogP contribution in [0.5, 0.6) is 0 Å². The molecular formula is C15H15ClN2O2S. The lowest BCUT2D eigenvalue weighted by Gasteiger charge is -2.11. The number of nitrogens with zero attached hydrogens (tertiary/aromatic N) is 1. The van der Waals surface area contributed by atoms with Crippen molar-refractivity contribution >= 4 is 28.9 Å². The summed E-state index contributed by atoms with van der Waals surface area (Å²) in [6.45, 7) is 0.467. The maximum absolute atomic E-state index is 11.2. The minimum absolute atomic E-state index is 0.268. The molecule has 3 rings (SSSR count). The molecule has 0 spiro atoms. The number of aliphatic carboxylic acids is 1. The predicted octanol–water partition coefficient (Wildman–Crippen LogP) is 3.42. The third kappa shape index (κ3) is 3.43. The third-order valence-electron chi connectivity index (χ3n) is 3.52. The predicted molar refractivity (Wildman–Crippen MR) is 83.5 cm³/mol. The second-order valence-electron chi connectivity index (χ2n) is 5.16. The standard InChI is InChI=1S/C15H15ClN2O2S/c16-12-4-2-1-3-11(12)14-18-10(8-21-14)7-17-13(15(19)20)9-5-6-9/h1-4,8-9,13,17H,5-7H2,(H,19,20). The van der Waals surface area contributed by atoms with Crippen LogP contribution in [0.25, 0.3) is 10.6 Å². The summed E-state index contributed by atoms with van der Waals surface area (Å²) in [6.07, 6.45) is 1.98. The van der Waals surface area contributed by atoms with Crippen LogP contribution in [0.1, 0.15) is 18.5 Å². The van der Waals surface area contributed by atoms with Crippen LogP contribution in [0.4, 0.5) is 0 Å². The summed E-state index contributed by atoms with van der Waals surface area (Å²) in [4.78, 5) is 15.7. The van der Waals surface area contributed by atoms with Crippen LogP contribution >= 0.6 is 22.9 Å². The number of carbonyl (C=O) groups is 1. The zero-order valence-corrected chi connectivity index (χ0v) is 12.8. The molecule has 1 atom stereocenters. The maximum atomic E-state index is 11.2. The Bertz CT molecular complexity index is 655. The van der Waals surface area contributed by atoms with Crippen molar-refractivity contribution in [3.05, 3.63) is 40.4 Å². The second kappa shape index (κ2) is 6.13. The fourth-order valence-electron chi connectivity index (χ4n) is 2.25. The van der Waals surface area contributed by atoms with Gasteiger partial charge in [-0.25, -0.2) is 4.98 Å². The highest BCUT2D eigenvalue weighted by Gasteiger charge is 2.35. The summed E-state index contributed by atoms with van der Waals surface area (Å²) in [5, 5.41) is 15.7. The second-order valence-corrected chi connectivity index (χ2v) is 6.42. The number of hydrogen-bond donors (Lipinski definition) is 2. The molecule has 6 heteroatoms. The maximum Gasteiger partial charge on any atom is 0.320 e. The molecule has 1 saturated carbocycles. The van der Waals surface area contributed by atoms with Gasteiger partial charge in [-0.15, -0.1) is 11.3 Å². The van der Waals surface area contributed by atoms with Gasteiger partial charge in [-0.2, -0.15) is 0 Å². The van der Waals surface area contributed by atoms with Gasteiger partial charge in [0, 0.05) is 17.5 Å². The minimum atomic E-state index is -0.779. The van der Waals surface area contributed by atoms with Crippen LogP contribution in [0.15, 0.2) is 29.6 Å². The molecule has 0 saturated heterocycles. The van der Waals surface area contributed by atoms with E-state index < -0.39 is 12.0 Å². The lowest BCUT2D eigenvalue weighted by Crippen LogP contribution is -2.38. The van der Waals surface area contributed by atoms with Gasteiger partial charge < -0.3 is 5.11 Å². The summed E-state index contributed by atoms with van der Waals surface area (Å²) in [5.74, 6) is -0.511. The normalized spacial score (nSPS) is 15.9. The molecule has 0 amide bonds. The molecule has 2 aromatic rings. The summed E-state index contributed by atoms with van der Waals surface area (Å²) < 4.78 is 0. The molecule has 1 aromatic heterocycles. The minimum Gasteiger partial charge on any atom is -0.480 e. The number of carboxylic acids is 1. The number of rotatable bonds is 6. The van der Waals surface area contributed by atoms with Crippen LogP contribution in [-0.2, 0) is 11.3 Å². The Hall–Kier alpha value is -1.43. The van der Waals surface area contributed by atoms with Gasteiger partial charge in [0.05, 0.1) is 10.7 Å². The quantitative estimate of drug-likeness (QED) is 0.855. The molecule has 1 aliphatic rings. The fraction of sp³-hybridized carbons (Fsp3) is 0.333. The van der Waals surface area contributed by atoms with E-state index in [-0.39, 0.29) is 5.92 Å². The lowest BCUT2D eigenvalue weighted by molar-refractivity contribution is -0.140. The van der Waals surface area contributed by atoms with Crippen molar-refractivity contribution in [3.8, 4) is 10.6 Å². The number of carboxylic acid groups (broad SMARTS) is 1. The van der Waals surface area contributed by atoms with Gasteiger partial charge in [-0.3, -0.25) is 10.1 Å². The average molecular weight is 323 g/mol. The Labute approximate surface area is 131 Å². The molecule has 110 valence electrons. The van der Waals surface area contributed by atoms with E-state index in [1.165, 1.54) is 11.3 Å². The molecule has 1 fully saturated rings. The van der Waals surface area contributed by atoms with E-state index in [1.807, 2.05) is 29.6 Å². The van der Waals surface area contributed by atoms with E-state index in [9.17, 15) is 9.90 Å². The molecule has 21 heavy (non-hydrogen) atoms. The number of benzene rings is 1. The zero-order valence-electron chi connectivity index (χ0n) is 11.3. The molecule has 0 aliphatic heterocycles. The molecule has 0 radical (unpaired) electrons. The van der Waals surface area contributed by atoms with E-state index in [0.717, 1.165) is 29.1 Å². The van der Waals surface area contributed by atoms with Crippen molar-refractivity contribution in [2.45, 2.75) is 25.4 Å². The molecule has 1 unspecified atom stereocenters. The average Bonchev–Trinajstić information content (AvgIpc) is 3.18. The highest BCUT2D eigenvalue weighted by Crippen LogP contribution is 2.33. The summed E-state index contributed by atoms with van der Waals surface area (Å²) in [6, 6.07) is 7.12. The molecule has 0 bridgehead atoms. The van der Waals surface area contributed by atoms with Crippen molar-refractivity contribution in [2.24, 2.45) is 5.92 Å². The van der Waals surface area contributed by atoms with E-state index in [2.05, 4.69) is 10.3 Å². The van der Waals surface area contributed by atoms with Crippen molar-refractivity contribution in [3.63, 3.8) is 0 Å². The van der Waals surface area contributed by atoms with Crippen LogP contribution in [-0.4, -0.2) is 22.1 Å². The van der Waals surface area contributed by atoms with E-state index in [0.29, 0.717) is 11.6 Å². The molecule has 1 heterocycles. The number of thiazole rings is 1. The lowest BCUT2D eigenvalue weighted by atomic mass is 10.2. The van der Waals surface area contributed by atoms with Gasteiger partial charge in [-0.05, 0) is 24.8 Å². The van der Waals surface area contributed by atoms with Gasteiger partial charge in [0.2, 0.25) is 0 Å². The first-order valence-electron chi connectivity index (χ1n) is 6.80. The van der Waals surface area contributed by atoms with Crippen molar-refractivity contribution in [2.75, 3.05) is 0 Å². The highest BCUT2D eigenvalue weighted by atomic mass is 35.5. The topological polar surface area (TPSA) is 62.2 Å². The summed E-state index contributed by atoms with van der Waals surface area (Å²) in [5.41, 5.74) is 1.76. The first-order chi connectivity index (χ1) is 10.1. The van der Waals surface area contributed by atoms with Crippen LogP contribution in [0.3, 0.4) is 0 Å². The van der Waals surface area contributed by atoms with Gasteiger partial charge in [0.1, 0.15) is 11.0 Å². The Morgan fingerprint density at radius 3 is 2.90 bits per heavy atom. The summed E-state index contributed by atoms with van der Waals surface area (Å²) in [7, 11) is 0. The van der Waals surface area contributed by atoms with Crippen molar-refractivity contribution < 1.29 is 9.90 Å². The van der Waals surface area contributed by atoms with E-state index in [1.54, 1.807) is 0 Å². The van der Waals surface area contributed by atoms with Gasteiger partial charge in [0.25, 0.3) is 0 Å². The molecular weight excluding hydrogens is 308 g/mol. The first-order valence-corrected chi connectivity index (χ1v) is 8.06. The zero-order chi connectivity index (χ0) is 14.8. The molecule has 4 nitrogen and oxygen atoms in total. The van der Waals surface area contributed by atoms with Crippen LogP contribution in [0, 0.1) is 5.92 Å². The first kappa shape index (κ1) is 14.5. The van der Waals surface area contributed by atoms with Gasteiger partial charge in [0.15, 0.2) is 0 Å². The fourth-order valence-corrected chi connectivity index (χ4v) is 3.39. The highest BCUT2D eigenvalue weighted by molar-refractivity contribution is 7.13. The van der Waals surface area contributed by atoms with Gasteiger partial charge in [-0.1, -0.05) is 29.8 Å². The van der Waals surface area contributed by atoms with Crippen LogP contribution < -0.4 is 5.32 Å². The van der Waals surface area contributed by atoms with Crippen LogP contribution in [0.2, 0.25) is 5.02 Å². The largest absolute Gasteiger partial charge is 0.480 e. The molecule has 1 aromatic carbocycles. The Kier molecular flexibility index (Phi) is 4.24. The Balaban J connectivity index is 1.68.